The monoisotopic (exact) mass is 221 g/mol. The van der Waals surface area contributed by atoms with Gasteiger partial charge in [-0.2, -0.15) is 0 Å². The van der Waals surface area contributed by atoms with Crippen LogP contribution in [0.1, 0.15) is 10.4 Å². The maximum atomic E-state index is 12.8. The van der Waals surface area contributed by atoms with E-state index in [9.17, 15) is 19.3 Å². The average Bonchev–Trinajstić information content (AvgIpc) is 2.03. The second-order valence-electron chi connectivity index (χ2n) is 2.20. The van der Waals surface area contributed by atoms with Crippen LogP contribution in [0.25, 0.3) is 0 Å². The van der Waals surface area contributed by atoms with Crippen LogP contribution in [0.4, 0.5) is 10.1 Å². The van der Waals surface area contributed by atoms with Gasteiger partial charge in [-0.25, -0.2) is 4.39 Å². The fourth-order valence-electron chi connectivity index (χ4n) is 0.784. The number of carbonyl (C=O) groups is 1. The normalized spacial score (nSPS) is 9.00. The van der Waals surface area contributed by atoms with Gasteiger partial charge in [-0.1, -0.05) is 11.6 Å². The average molecular weight is 222 g/mol. The molecule has 14 heavy (non-hydrogen) atoms. The largest absolute Gasteiger partial charge is 0.412 e. The lowest BCUT2D eigenvalue weighted by Crippen LogP contribution is -1.94. The van der Waals surface area contributed by atoms with E-state index in [1.54, 1.807) is 0 Å². The molecule has 0 aromatic heterocycles. The number of nitro benzene ring substituents is 1. The molecule has 0 spiro atoms. The molecule has 76 valence electrons. The summed E-state index contributed by atoms with van der Waals surface area (Å²) in [6.45, 7) is 0. The molecule has 7 heteroatoms. The molecule has 2 N–H and O–H groups in total. The van der Waals surface area contributed by atoms with Gasteiger partial charge >= 0.3 is 0 Å². The molecule has 0 amide bonds. The van der Waals surface area contributed by atoms with Gasteiger partial charge in [0.1, 0.15) is 10.8 Å². The SMILES string of the molecule is O.O=Cc1cc([N+](=O)[O-])c(Cl)cc1F. The number of benzene rings is 1. The first-order valence-electron chi connectivity index (χ1n) is 3.15. The Balaban J connectivity index is 0.00000169. The minimum atomic E-state index is -0.870. The highest BCUT2D eigenvalue weighted by molar-refractivity contribution is 6.32. The standard InChI is InChI=1S/C7H3ClFNO3.H2O/c8-5-2-6(9)4(3-11)1-7(5)10(12)13;/h1-3H;1H2. The van der Waals surface area contributed by atoms with E-state index >= 15 is 0 Å². The summed E-state index contributed by atoms with van der Waals surface area (Å²) in [6.07, 6.45) is 0.193. The van der Waals surface area contributed by atoms with Crippen molar-refractivity contribution in [2.75, 3.05) is 0 Å². The van der Waals surface area contributed by atoms with Crippen LogP contribution in [0.15, 0.2) is 12.1 Å². The molecule has 0 fully saturated rings. The van der Waals surface area contributed by atoms with Crippen LogP contribution in [0.2, 0.25) is 5.02 Å². The summed E-state index contributed by atoms with van der Waals surface area (Å²) in [7, 11) is 0. The number of nitrogens with zero attached hydrogens (tertiary/aromatic N) is 1. The summed E-state index contributed by atoms with van der Waals surface area (Å²) in [5.41, 5.74) is -0.860. The van der Waals surface area contributed by atoms with Gasteiger partial charge < -0.3 is 5.48 Å². The molecule has 1 aromatic carbocycles. The molecule has 0 bridgehead atoms. The quantitative estimate of drug-likeness (QED) is 0.429. The molecule has 0 aliphatic rings. The van der Waals surface area contributed by atoms with Crippen molar-refractivity contribution in [1.82, 2.24) is 0 Å². The maximum absolute atomic E-state index is 12.8. The third-order valence-corrected chi connectivity index (χ3v) is 1.69. The van der Waals surface area contributed by atoms with Crippen LogP contribution < -0.4 is 0 Å². The van der Waals surface area contributed by atoms with Crippen molar-refractivity contribution in [3.8, 4) is 0 Å². The third kappa shape index (κ3) is 2.24. The summed E-state index contributed by atoms with van der Waals surface area (Å²) in [6, 6.07) is 1.54. The van der Waals surface area contributed by atoms with Crippen molar-refractivity contribution < 1.29 is 19.6 Å². The first-order chi connectivity index (χ1) is 6.06. The number of hydrogen-bond acceptors (Lipinski definition) is 3. The van der Waals surface area contributed by atoms with Crippen molar-refractivity contribution in [2.45, 2.75) is 0 Å². The molecule has 1 rings (SSSR count). The Morgan fingerprint density at radius 3 is 2.50 bits per heavy atom. The highest BCUT2D eigenvalue weighted by atomic mass is 35.5. The lowest BCUT2D eigenvalue weighted by Gasteiger charge is -1.97. The molecule has 0 aliphatic carbocycles. The number of halogens is 2. The first kappa shape index (κ1) is 12.5. The summed E-state index contributed by atoms with van der Waals surface area (Å²) in [5.74, 6) is -0.870. The fraction of sp³-hybridized carbons (Fsp3) is 0. The highest BCUT2D eigenvalue weighted by Gasteiger charge is 2.16. The predicted molar refractivity (Wildman–Crippen MR) is 47.1 cm³/mol. The molecule has 0 aliphatic heterocycles. The molecule has 0 atom stereocenters. The molecule has 0 saturated carbocycles. The highest BCUT2D eigenvalue weighted by Crippen LogP contribution is 2.26. The van der Waals surface area contributed by atoms with Crippen LogP contribution in [-0.4, -0.2) is 16.7 Å². The number of nitro groups is 1. The Labute approximate surface area is 82.6 Å². The molecule has 0 heterocycles. The number of hydrogen-bond donors (Lipinski definition) is 0. The van der Waals surface area contributed by atoms with Crippen molar-refractivity contribution >= 4 is 23.6 Å². The fourth-order valence-corrected chi connectivity index (χ4v) is 1.00. The molecule has 5 nitrogen and oxygen atoms in total. The van der Waals surface area contributed by atoms with Crippen molar-refractivity contribution in [2.24, 2.45) is 0 Å². The summed E-state index contributed by atoms with van der Waals surface area (Å²) in [4.78, 5) is 19.7. The van der Waals surface area contributed by atoms with Crippen LogP contribution in [0.3, 0.4) is 0 Å². The van der Waals surface area contributed by atoms with Gasteiger partial charge in [-0.3, -0.25) is 14.9 Å². The zero-order chi connectivity index (χ0) is 10.0. The van der Waals surface area contributed by atoms with Gasteiger partial charge in [0.15, 0.2) is 6.29 Å². The number of carbonyl (C=O) groups excluding carboxylic acids is 1. The van der Waals surface area contributed by atoms with E-state index in [4.69, 9.17) is 11.6 Å². The summed E-state index contributed by atoms with van der Waals surface area (Å²) in [5, 5.41) is 9.96. The zero-order valence-corrected chi connectivity index (χ0v) is 7.42. The molecule has 0 saturated heterocycles. The lowest BCUT2D eigenvalue weighted by atomic mass is 10.2. The molecular weight excluding hydrogens is 217 g/mol. The Bertz CT molecular complexity index is 382. The maximum Gasteiger partial charge on any atom is 0.288 e. The Morgan fingerprint density at radius 1 is 1.50 bits per heavy atom. The van der Waals surface area contributed by atoms with Gasteiger partial charge in [0.25, 0.3) is 5.69 Å². The van der Waals surface area contributed by atoms with E-state index in [1.807, 2.05) is 0 Å². The Morgan fingerprint density at radius 2 is 2.07 bits per heavy atom. The van der Waals surface area contributed by atoms with E-state index in [1.165, 1.54) is 0 Å². The Hall–Kier alpha value is -1.53. The Kier molecular flexibility index (Phi) is 4.13. The lowest BCUT2D eigenvalue weighted by molar-refractivity contribution is -0.384. The van der Waals surface area contributed by atoms with Crippen LogP contribution >= 0.6 is 11.6 Å². The number of aldehydes is 1. The molecule has 1 aromatic rings. The second-order valence-corrected chi connectivity index (χ2v) is 2.61. The third-order valence-electron chi connectivity index (χ3n) is 1.39. The van der Waals surface area contributed by atoms with E-state index < -0.39 is 16.4 Å². The van der Waals surface area contributed by atoms with E-state index in [0.717, 1.165) is 12.1 Å². The van der Waals surface area contributed by atoms with Gasteiger partial charge in [-0.15, -0.1) is 0 Å². The smallest absolute Gasteiger partial charge is 0.288 e. The van der Waals surface area contributed by atoms with Crippen LogP contribution in [-0.2, 0) is 0 Å². The minimum Gasteiger partial charge on any atom is -0.412 e. The van der Waals surface area contributed by atoms with Crippen molar-refractivity contribution in [1.29, 1.82) is 0 Å². The molecule has 0 unspecified atom stereocenters. The second kappa shape index (κ2) is 4.64. The van der Waals surface area contributed by atoms with Crippen LogP contribution in [0, 0.1) is 15.9 Å². The predicted octanol–water partition coefficient (Wildman–Crippen LogP) is 1.38. The number of rotatable bonds is 2. The van der Waals surface area contributed by atoms with Gasteiger partial charge in [0.2, 0.25) is 0 Å². The molecule has 0 radical (unpaired) electrons. The minimum absolute atomic E-state index is 0. The van der Waals surface area contributed by atoms with Gasteiger partial charge in [0.05, 0.1) is 10.5 Å². The van der Waals surface area contributed by atoms with Gasteiger partial charge in [-0.05, 0) is 0 Å². The molecular formula is C7H5ClFNO4. The van der Waals surface area contributed by atoms with Crippen molar-refractivity contribution in [3.63, 3.8) is 0 Å². The first-order valence-corrected chi connectivity index (χ1v) is 3.52. The van der Waals surface area contributed by atoms with E-state index in [2.05, 4.69) is 0 Å². The van der Waals surface area contributed by atoms with Gasteiger partial charge in [0, 0.05) is 12.1 Å². The van der Waals surface area contributed by atoms with E-state index in [0.29, 0.717) is 0 Å². The van der Waals surface area contributed by atoms with E-state index in [-0.39, 0.29) is 22.3 Å². The summed E-state index contributed by atoms with van der Waals surface area (Å²) < 4.78 is 12.8. The summed E-state index contributed by atoms with van der Waals surface area (Å²) >= 11 is 5.36. The van der Waals surface area contributed by atoms with Crippen molar-refractivity contribution in [3.05, 3.63) is 38.7 Å². The topological polar surface area (TPSA) is 91.7 Å². The zero-order valence-electron chi connectivity index (χ0n) is 6.66. The van der Waals surface area contributed by atoms with Crippen LogP contribution in [0.5, 0.6) is 0 Å².